The third-order valence-corrected chi connectivity index (χ3v) is 4.54. The van der Waals surface area contributed by atoms with Gasteiger partial charge in [-0.25, -0.2) is 9.97 Å². The molecule has 1 saturated heterocycles. The van der Waals surface area contributed by atoms with Gasteiger partial charge >= 0.3 is 0 Å². The van der Waals surface area contributed by atoms with Crippen molar-refractivity contribution in [3.63, 3.8) is 0 Å². The predicted octanol–water partition coefficient (Wildman–Crippen LogP) is 2.14. The maximum atomic E-state index is 12.5. The van der Waals surface area contributed by atoms with Crippen LogP contribution in [0.4, 0.5) is 11.5 Å². The molecule has 2 amide bonds. The summed E-state index contributed by atoms with van der Waals surface area (Å²) in [6.07, 6.45) is 3.06. The maximum absolute atomic E-state index is 12.5. The van der Waals surface area contributed by atoms with Crippen LogP contribution in [0.25, 0.3) is 0 Å². The van der Waals surface area contributed by atoms with Crippen LogP contribution in [0.5, 0.6) is 0 Å². The molecule has 1 N–H and O–H groups in total. The molecule has 0 atom stereocenters. The molecule has 1 aliphatic heterocycles. The maximum Gasteiger partial charge on any atom is 0.274 e. The van der Waals surface area contributed by atoms with E-state index >= 15 is 0 Å². The zero-order chi connectivity index (χ0) is 18.7. The van der Waals surface area contributed by atoms with Gasteiger partial charge in [0.15, 0.2) is 0 Å². The number of hydrogen-bond donors (Lipinski definition) is 1. The van der Waals surface area contributed by atoms with Gasteiger partial charge in [0, 0.05) is 38.8 Å². The Hall–Kier alpha value is -2.96. The lowest BCUT2D eigenvalue weighted by molar-refractivity contribution is -0.130. The van der Waals surface area contributed by atoms with E-state index in [4.69, 9.17) is 0 Å². The van der Waals surface area contributed by atoms with Crippen LogP contribution in [0.3, 0.4) is 0 Å². The second-order valence-electron chi connectivity index (χ2n) is 6.53. The fraction of sp³-hybridized carbons (Fsp3) is 0.368. The van der Waals surface area contributed by atoms with Gasteiger partial charge in [0.05, 0.1) is 12.4 Å². The van der Waals surface area contributed by atoms with E-state index in [0.717, 1.165) is 16.8 Å². The van der Waals surface area contributed by atoms with Crippen molar-refractivity contribution in [2.24, 2.45) is 0 Å². The molecule has 3 rings (SSSR count). The second-order valence-corrected chi connectivity index (χ2v) is 6.53. The number of anilines is 2. The van der Waals surface area contributed by atoms with Crippen LogP contribution in [0.15, 0.2) is 30.6 Å². The standard InChI is InChI=1S/C19H23N5O2/c1-13-4-5-14(2)16(10-13)22-18-12-20-17(11-21-18)19(26)24-8-6-23(7-9-24)15(3)25/h4-5,10-12H,6-9H2,1-3H3,(H,21,22). The van der Waals surface area contributed by atoms with Crippen molar-refractivity contribution in [2.75, 3.05) is 31.5 Å². The molecule has 0 spiro atoms. The average Bonchev–Trinajstić information content (AvgIpc) is 2.65. The summed E-state index contributed by atoms with van der Waals surface area (Å²) in [7, 11) is 0. The highest BCUT2D eigenvalue weighted by Gasteiger charge is 2.24. The van der Waals surface area contributed by atoms with Crippen molar-refractivity contribution in [1.29, 1.82) is 0 Å². The van der Waals surface area contributed by atoms with Crippen LogP contribution in [0.1, 0.15) is 28.5 Å². The Morgan fingerprint density at radius 2 is 1.69 bits per heavy atom. The molecule has 1 aromatic carbocycles. The zero-order valence-electron chi connectivity index (χ0n) is 15.3. The number of nitrogens with one attached hydrogen (secondary N) is 1. The Kier molecular flexibility index (Phi) is 5.16. The van der Waals surface area contributed by atoms with Crippen LogP contribution in [-0.2, 0) is 4.79 Å². The molecular formula is C19H23N5O2. The highest BCUT2D eigenvalue weighted by molar-refractivity contribution is 5.92. The number of carbonyl (C=O) groups excluding carboxylic acids is 2. The Labute approximate surface area is 153 Å². The van der Waals surface area contributed by atoms with Gasteiger partial charge in [-0.15, -0.1) is 0 Å². The predicted molar refractivity (Wildman–Crippen MR) is 99.4 cm³/mol. The lowest BCUT2D eigenvalue weighted by Crippen LogP contribution is -2.50. The zero-order valence-corrected chi connectivity index (χ0v) is 15.3. The summed E-state index contributed by atoms with van der Waals surface area (Å²) < 4.78 is 0. The molecule has 136 valence electrons. The highest BCUT2D eigenvalue weighted by atomic mass is 16.2. The number of amides is 2. The van der Waals surface area contributed by atoms with E-state index in [1.807, 2.05) is 26.0 Å². The van der Waals surface area contributed by atoms with Gasteiger partial charge in [0.2, 0.25) is 5.91 Å². The van der Waals surface area contributed by atoms with Crippen molar-refractivity contribution in [3.8, 4) is 0 Å². The first-order valence-electron chi connectivity index (χ1n) is 8.65. The number of aryl methyl sites for hydroxylation is 2. The van der Waals surface area contributed by atoms with Crippen LogP contribution in [0.2, 0.25) is 0 Å². The van der Waals surface area contributed by atoms with Gasteiger partial charge in [0.1, 0.15) is 11.5 Å². The molecule has 1 fully saturated rings. The third kappa shape index (κ3) is 3.99. The molecule has 0 radical (unpaired) electrons. The van der Waals surface area contributed by atoms with Crippen LogP contribution in [-0.4, -0.2) is 57.8 Å². The van der Waals surface area contributed by atoms with Gasteiger partial charge in [-0.1, -0.05) is 12.1 Å². The Morgan fingerprint density at radius 1 is 1.00 bits per heavy atom. The topological polar surface area (TPSA) is 78.4 Å². The van der Waals surface area contributed by atoms with Crippen molar-refractivity contribution < 1.29 is 9.59 Å². The van der Waals surface area contributed by atoms with Crippen LogP contribution < -0.4 is 5.32 Å². The van der Waals surface area contributed by atoms with Crippen LogP contribution >= 0.6 is 0 Å². The van der Waals surface area contributed by atoms with E-state index in [2.05, 4.69) is 21.4 Å². The van der Waals surface area contributed by atoms with Crippen molar-refractivity contribution in [3.05, 3.63) is 47.4 Å². The third-order valence-electron chi connectivity index (χ3n) is 4.54. The Balaban J connectivity index is 1.65. The Bertz CT molecular complexity index is 811. The first-order valence-corrected chi connectivity index (χ1v) is 8.65. The molecule has 0 saturated carbocycles. The van der Waals surface area contributed by atoms with E-state index in [1.54, 1.807) is 22.9 Å². The van der Waals surface area contributed by atoms with Crippen molar-refractivity contribution >= 4 is 23.3 Å². The normalized spacial score (nSPS) is 14.3. The SMILES string of the molecule is CC(=O)N1CCN(C(=O)c2cnc(Nc3cc(C)ccc3C)cn2)CC1. The lowest BCUT2D eigenvalue weighted by atomic mass is 10.1. The minimum Gasteiger partial charge on any atom is -0.339 e. The van der Waals surface area contributed by atoms with E-state index in [-0.39, 0.29) is 11.8 Å². The number of rotatable bonds is 3. The van der Waals surface area contributed by atoms with E-state index in [0.29, 0.717) is 37.7 Å². The largest absolute Gasteiger partial charge is 0.339 e. The van der Waals surface area contributed by atoms with E-state index in [9.17, 15) is 9.59 Å². The molecule has 1 aliphatic rings. The number of aromatic nitrogens is 2. The molecule has 7 nitrogen and oxygen atoms in total. The van der Waals surface area contributed by atoms with E-state index < -0.39 is 0 Å². The van der Waals surface area contributed by atoms with Gasteiger partial charge in [-0.2, -0.15) is 0 Å². The summed E-state index contributed by atoms with van der Waals surface area (Å²) in [5.74, 6) is 0.481. The van der Waals surface area contributed by atoms with Gasteiger partial charge in [0.25, 0.3) is 5.91 Å². The molecule has 0 aliphatic carbocycles. The molecule has 2 aromatic rings. The molecule has 7 heteroatoms. The minimum absolute atomic E-state index is 0.0405. The van der Waals surface area contributed by atoms with Gasteiger partial charge < -0.3 is 15.1 Å². The number of hydrogen-bond acceptors (Lipinski definition) is 5. The monoisotopic (exact) mass is 353 g/mol. The first kappa shape index (κ1) is 17.8. The van der Waals surface area contributed by atoms with E-state index in [1.165, 1.54) is 6.20 Å². The smallest absolute Gasteiger partial charge is 0.274 e. The average molecular weight is 353 g/mol. The Morgan fingerprint density at radius 3 is 2.31 bits per heavy atom. The molecule has 26 heavy (non-hydrogen) atoms. The number of benzene rings is 1. The number of carbonyl (C=O) groups is 2. The first-order chi connectivity index (χ1) is 12.4. The molecule has 0 bridgehead atoms. The molecule has 1 aromatic heterocycles. The molecule has 0 unspecified atom stereocenters. The highest BCUT2D eigenvalue weighted by Crippen LogP contribution is 2.20. The quantitative estimate of drug-likeness (QED) is 0.915. The fourth-order valence-corrected chi connectivity index (χ4v) is 2.90. The van der Waals surface area contributed by atoms with Gasteiger partial charge in [-0.05, 0) is 31.0 Å². The second kappa shape index (κ2) is 7.51. The summed E-state index contributed by atoms with van der Waals surface area (Å²) >= 11 is 0. The van der Waals surface area contributed by atoms with Crippen molar-refractivity contribution in [2.45, 2.75) is 20.8 Å². The summed E-state index contributed by atoms with van der Waals surface area (Å²) in [4.78, 5) is 35.9. The van der Waals surface area contributed by atoms with Crippen LogP contribution in [0, 0.1) is 13.8 Å². The summed E-state index contributed by atoms with van der Waals surface area (Å²) in [5.41, 5.74) is 3.55. The summed E-state index contributed by atoms with van der Waals surface area (Å²) in [6, 6.07) is 6.15. The summed E-state index contributed by atoms with van der Waals surface area (Å²) in [5, 5.41) is 3.23. The van der Waals surface area contributed by atoms with Crippen molar-refractivity contribution in [1.82, 2.24) is 19.8 Å². The lowest BCUT2D eigenvalue weighted by Gasteiger charge is -2.33. The molecular weight excluding hydrogens is 330 g/mol. The fourth-order valence-electron chi connectivity index (χ4n) is 2.90. The minimum atomic E-state index is -0.154. The van der Waals surface area contributed by atoms with Gasteiger partial charge in [-0.3, -0.25) is 9.59 Å². The number of nitrogens with zero attached hydrogens (tertiary/aromatic N) is 4. The molecule has 2 heterocycles. The number of piperazine rings is 1. The summed E-state index contributed by atoms with van der Waals surface area (Å²) in [6.45, 7) is 7.75.